The molecule has 9 aromatic rings. The van der Waals surface area contributed by atoms with Gasteiger partial charge in [-0.05, 0) is 234 Å². The third-order valence-corrected chi connectivity index (χ3v) is 22.5. The molecule has 100 heavy (non-hydrogen) atoms. The number of rotatable bonds is 4. The highest BCUT2D eigenvalue weighted by atomic mass is 15.2. The van der Waals surface area contributed by atoms with Gasteiger partial charge in [0.15, 0.2) is 0 Å². The summed E-state index contributed by atoms with van der Waals surface area (Å²) in [5.41, 5.74) is 34.7. The summed E-state index contributed by atoms with van der Waals surface area (Å²) in [5, 5.41) is 0. The minimum absolute atomic E-state index is 0.0954. The molecule has 0 aliphatic carbocycles. The standard InChI is InChI=1S/C94H116B2N4/c1-85(2,3)57-37-39-71-79(53-57)97(67-45-59(87(7,8)9)41-60(46-67)88(10,11)12)75-33-31-35-77-83(75)95(71)73-55-74-82(56-81(73)99(77)69-49-63(91(19,20)21)43-64(50-69)92(22,23)24)100(70-51-65(93(25,26)27)44-66(52-70)94(28,29)30)78-36-32-34-76-84(78)96(74)72-40-38-58(86(4,5)6)54-80(72)98(76)68-47-61(89(13,14)15)42-62(48-68)90(16,17)18/h31-56H,1-30H3. The Hall–Kier alpha value is -7.69. The van der Waals surface area contributed by atoms with Gasteiger partial charge in [-0.3, -0.25) is 0 Å². The van der Waals surface area contributed by atoms with Crippen LogP contribution in [0.1, 0.15) is 263 Å². The molecule has 0 aromatic heterocycles. The highest BCUT2D eigenvalue weighted by Gasteiger charge is 2.50. The summed E-state index contributed by atoms with van der Waals surface area (Å²) in [6, 6.07) is 65.2. The van der Waals surface area contributed by atoms with E-state index >= 15 is 0 Å². The van der Waals surface area contributed by atoms with E-state index in [-0.39, 0.29) is 67.6 Å². The fourth-order valence-electron chi connectivity index (χ4n) is 15.8. The summed E-state index contributed by atoms with van der Waals surface area (Å²) in [6.45, 7) is 71.1. The van der Waals surface area contributed by atoms with Crippen molar-refractivity contribution in [2.75, 3.05) is 19.6 Å². The fourth-order valence-corrected chi connectivity index (χ4v) is 15.8. The lowest BCUT2D eigenvalue weighted by Gasteiger charge is -2.48. The topological polar surface area (TPSA) is 13.0 Å². The Morgan fingerprint density at radius 2 is 0.380 bits per heavy atom. The number of fused-ring (bicyclic) bond motifs is 8. The number of nitrogens with zero attached hydrogens (tertiary/aromatic N) is 4. The third kappa shape index (κ3) is 12.3. The number of hydrogen-bond donors (Lipinski definition) is 0. The molecule has 4 aliphatic heterocycles. The summed E-state index contributed by atoms with van der Waals surface area (Å²) in [5.74, 6) is 0. The molecule has 4 aliphatic rings. The number of anilines is 12. The second-order valence-corrected chi connectivity index (χ2v) is 40.7. The van der Waals surface area contributed by atoms with Crippen LogP contribution in [0.25, 0.3) is 0 Å². The Morgan fingerprint density at radius 1 is 0.180 bits per heavy atom. The van der Waals surface area contributed by atoms with Crippen molar-refractivity contribution in [3.8, 4) is 0 Å². The molecule has 0 unspecified atom stereocenters. The molecule has 13 rings (SSSR count). The smallest absolute Gasteiger partial charge is 0.252 e. The molecule has 0 spiro atoms. The van der Waals surface area contributed by atoms with Crippen molar-refractivity contribution >= 4 is 114 Å². The predicted molar refractivity (Wildman–Crippen MR) is 441 cm³/mol. The van der Waals surface area contributed by atoms with Gasteiger partial charge in [0, 0.05) is 68.2 Å². The maximum atomic E-state index is 2.75. The van der Waals surface area contributed by atoms with Crippen LogP contribution in [-0.2, 0) is 54.1 Å². The highest BCUT2D eigenvalue weighted by molar-refractivity contribution is 7.03. The van der Waals surface area contributed by atoms with Gasteiger partial charge in [-0.1, -0.05) is 274 Å². The van der Waals surface area contributed by atoms with Crippen molar-refractivity contribution in [2.24, 2.45) is 0 Å². The maximum Gasteiger partial charge on any atom is 0.252 e. The molecule has 0 amide bonds. The Bertz CT molecular complexity index is 4360. The Labute approximate surface area is 605 Å². The monoisotopic (exact) mass is 1320 g/mol. The van der Waals surface area contributed by atoms with E-state index in [2.05, 4.69) is 385 Å². The first kappa shape index (κ1) is 70.7. The van der Waals surface area contributed by atoms with Gasteiger partial charge >= 0.3 is 0 Å². The van der Waals surface area contributed by atoms with Crippen LogP contribution in [0.2, 0.25) is 0 Å². The summed E-state index contributed by atoms with van der Waals surface area (Å²) in [6.07, 6.45) is 0. The van der Waals surface area contributed by atoms with E-state index < -0.39 is 0 Å². The van der Waals surface area contributed by atoms with E-state index in [1.54, 1.807) is 0 Å². The van der Waals surface area contributed by atoms with Gasteiger partial charge in [0.05, 0.1) is 0 Å². The SMILES string of the molecule is CC(C)(C)c1cc(N2c3cc(C(C)(C)C)ccc3B3c4cc5c(cc4N(c4cc(C(C)(C)C)cc(C(C)(C)C)c4)c4cccc2c43)N(c2cc(C(C)(C)C)cc(C(C)(C)C)c2)c2cccc3c2B5c2ccc(C(C)(C)C)cc2N3c2cc(C(C)(C)C)cc(C(C)(C)C)c2)cc(C(C)(C)C)c1. The molecule has 0 atom stereocenters. The van der Waals surface area contributed by atoms with Gasteiger partial charge in [-0.2, -0.15) is 0 Å². The minimum Gasteiger partial charge on any atom is -0.311 e. The van der Waals surface area contributed by atoms with E-state index in [0.717, 1.165) is 0 Å². The van der Waals surface area contributed by atoms with Crippen molar-refractivity contribution in [2.45, 2.75) is 262 Å². The first-order valence-corrected chi connectivity index (χ1v) is 37.5. The lowest BCUT2D eigenvalue weighted by atomic mass is 9.30. The average Bonchev–Trinajstić information content (AvgIpc) is 0.685. The quantitative estimate of drug-likeness (QED) is 0.163. The molecule has 0 bridgehead atoms. The molecule has 0 N–H and O–H groups in total. The average molecular weight is 1320 g/mol. The molecule has 6 heteroatoms. The Balaban J connectivity index is 1.22. The Kier molecular flexibility index (Phi) is 16.2. The third-order valence-electron chi connectivity index (χ3n) is 22.5. The van der Waals surface area contributed by atoms with Crippen molar-refractivity contribution in [1.29, 1.82) is 0 Å². The molecule has 0 saturated carbocycles. The number of hydrogen-bond acceptors (Lipinski definition) is 4. The fraction of sp³-hybridized carbons (Fsp3) is 0.426. The van der Waals surface area contributed by atoms with Crippen LogP contribution < -0.4 is 52.4 Å². The van der Waals surface area contributed by atoms with Crippen molar-refractivity contribution in [1.82, 2.24) is 0 Å². The molecule has 518 valence electrons. The van der Waals surface area contributed by atoms with Crippen LogP contribution in [0.5, 0.6) is 0 Å². The van der Waals surface area contributed by atoms with Crippen LogP contribution in [0, 0.1) is 0 Å². The zero-order valence-corrected chi connectivity index (χ0v) is 67.0. The maximum absolute atomic E-state index is 2.75. The van der Waals surface area contributed by atoms with Crippen molar-refractivity contribution in [3.63, 3.8) is 0 Å². The molecule has 9 aromatic carbocycles. The van der Waals surface area contributed by atoms with Crippen LogP contribution >= 0.6 is 0 Å². The molecule has 0 saturated heterocycles. The van der Waals surface area contributed by atoms with Gasteiger partial charge in [-0.15, -0.1) is 0 Å². The molecule has 0 fully saturated rings. The summed E-state index contributed by atoms with van der Waals surface area (Å²) in [4.78, 5) is 10.8. The number of benzene rings is 9. The van der Waals surface area contributed by atoms with Crippen LogP contribution in [0.3, 0.4) is 0 Å². The summed E-state index contributed by atoms with van der Waals surface area (Å²) in [7, 11) is 0. The Morgan fingerprint density at radius 3 is 0.580 bits per heavy atom. The van der Waals surface area contributed by atoms with E-state index in [4.69, 9.17) is 0 Å². The lowest BCUT2D eigenvalue weighted by Crippen LogP contribution is -2.65. The summed E-state index contributed by atoms with van der Waals surface area (Å²) < 4.78 is 0. The second kappa shape index (κ2) is 22.9. The largest absolute Gasteiger partial charge is 0.311 e. The van der Waals surface area contributed by atoms with Gasteiger partial charge in [0.1, 0.15) is 0 Å². The van der Waals surface area contributed by atoms with Crippen LogP contribution in [0.4, 0.5) is 68.2 Å². The van der Waals surface area contributed by atoms with Crippen molar-refractivity contribution < 1.29 is 0 Å². The predicted octanol–water partition coefficient (Wildman–Crippen LogP) is 22.8. The highest BCUT2D eigenvalue weighted by Crippen LogP contribution is 2.53. The van der Waals surface area contributed by atoms with Gasteiger partial charge < -0.3 is 19.6 Å². The summed E-state index contributed by atoms with van der Waals surface area (Å²) >= 11 is 0. The van der Waals surface area contributed by atoms with E-state index in [1.165, 1.54) is 157 Å². The van der Waals surface area contributed by atoms with Gasteiger partial charge in [0.2, 0.25) is 0 Å². The molecular formula is C94H116B2N4. The zero-order chi connectivity index (χ0) is 73.0. The van der Waals surface area contributed by atoms with E-state index in [9.17, 15) is 0 Å². The van der Waals surface area contributed by atoms with Crippen LogP contribution in [-0.4, -0.2) is 13.4 Å². The molecular weight excluding hydrogens is 1210 g/mol. The molecule has 4 heterocycles. The second-order valence-electron chi connectivity index (χ2n) is 40.7. The molecule has 0 radical (unpaired) electrons. The van der Waals surface area contributed by atoms with Gasteiger partial charge in [-0.25, -0.2) is 0 Å². The van der Waals surface area contributed by atoms with Crippen molar-refractivity contribution in [3.05, 3.63) is 213 Å². The normalized spacial score (nSPS) is 15.0. The lowest BCUT2D eigenvalue weighted by molar-refractivity contribution is 0.568. The first-order valence-electron chi connectivity index (χ1n) is 37.5. The van der Waals surface area contributed by atoms with Gasteiger partial charge in [0.25, 0.3) is 13.4 Å². The molecule has 4 nitrogen and oxygen atoms in total. The van der Waals surface area contributed by atoms with E-state index in [0.29, 0.717) is 0 Å². The van der Waals surface area contributed by atoms with Crippen LogP contribution in [0.15, 0.2) is 158 Å². The first-order chi connectivity index (χ1) is 45.9. The minimum atomic E-state index is -0.135. The van der Waals surface area contributed by atoms with E-state index in [1.807, 2.05) is 0 Å². The zero-order valence-electron chi connectivity index (χ0n) is 67.0.